The largest absolute Gasteiger partial charge is 0.481 e. The third-order valence-electron chi connectivity index (χ3n) is 3.25. The lowest BCUT2D eigenvalue weighted by Gasteiger charge is -2.17. The van der Waals surface area contributed by atoms with Gasteiger partial charge in [0.2, 0.25) is 0 Å². The van der Waals surface area contributed by atoms with Crippen molar-refractivity contribution in [1.82, 2.24) is 5.32 Å². The SMILES string of the molecule is C#CCOc1ccccc1CN[C@H](C)c1ccccc1Br. The molecule has 2 rings (SSSR count). The first-order valence-electron chi connectivity index (χ1n) is 6.84. The fourth-order valence-corrected chi connectivity index (χ4v) is 2.74. The molecule has 0 fully saturated rings. The van der Waals surface area contributed by atoms with E-state index in [2.05, 4.69) is 46.2 Å². The van der Waals surface area contributed by atoms with E-state index in [0.29, 0.717) is 0 Å². The maximum Gasteiger partial charge on any atom is 0.148 e. The molecular formula is C18H18BrNO. The monoisotopic (exact) mass is 343 g/mol. The van der Waals surface area contributed by atoms with E-state index in [4.69, 9.17) is 11.2 Å². The topological polar surface area (TPSA) is 21.3 Å². The number of rotatable bonds is 6. The lowest BCUT2D eigenvalue weighted by atomic mass is 10.1. The molecule has 0 saturated carbocycles. The van der Waals surface area contributed by atoms with Gasteiger partial charge in [0.05, 0.1) is 0 Å². The first-order chi connectivity index (χ1) is 10.2. The smallest absolute Gasteiger partial charge is 0.148 e. The van der Waals surface area contributed by atoms with Gasteiger partial charge < -0.3 is 10.1 Å². The number of hydrogen-bond donors (Lipinski definition) is 1. The Bertz CT molecular complexity index is 633. The Hall–Kier alpha value is -1.76. The lowest BCUT2D eigenvalue weighted by Crippen LogP contribution is -2.19. The standard InChI is InChI=1S/C18H18BrNO/c1-3-12-21-18-11-7-4-8-15(18)13-20-14(2)16-9-5-6-10-17(16)19/h1,4-11,14,20H,12-13H2,2H3/t14-/m1/s1. The molecule has 1 N–H and O–H groups in total. The minimum absolute atomic E-state index is 0.237. The van der Waals surface area contributed by atoms with Gasteiger partial charge in [-0.3, -0.25) is 0 Å². The van der Waals surface area contributed by atoms with E-state index in [1.807, 2.05) is 36.4 Å². The molecule has 0 spiro atoms. The molecule has 21 heavy (non-hydrogen) atoms. The Kier molecular flexibility index (Phi) is 5.86. The van der Waals surface area contributed by atoms with Crippen molar-refractivity contribution < 1.29 is 4.74 Å². The van der Waals surface area contributed by atoms with E-state index < -0.39 is 0 Å². The predicted octanol–water partition coefficient (Wildman–Crippen LogP) is 4.31. The Morgan fingerprint density at radius 3 is 2.67 bits per heavy atom. The maximum atomic E-state index is 5.56. The molecule has 0 aliphatic carbocycles. The van der Waals surface area contributed by atoms with Crippen molar-refractivity contribution in [2.75, 3.05) is 6.61 Å². The second-order valence-electron chi connectivity index (χ2n) is 4.72. The number of nitrogens with one attached hydrogen (secondary N) is 1. The summed E-state index contributed by atoms with van der Waals surface area (Å²) in [4.78, 5) is 0. The van der Waals surface area contributed by atoms with Crippen LogP contribution in [0.15, 0.2) is 53.0 Å². The number of terminal acetylenes is 1. The fourth-order valence-electron chi connectivity index (χ4n) is 2.11. The molecule has 2 aromatic rings. The first kappa shape index (κ1) is 15.6. The second-order valence-corrected chi connectivity index (χ2v) is 5.58. The van der Waals surface area contributed by atoms with Crippen LogP contribution in [0.4, 0.5) is 0 Å². The molecule has 0 heterocycles. The molecule has 2 nitrogen and oxygen atoms in total. The molecule has 3 heteroatoms. The summed E-state index contributed by atoms with van der Waals surface area (Å²) < 4.78 is 6.68. The molecule has 0 saturated heterocycles. The summed E-state index contributed by atoms with van der Waals surface area (Å²) >= 11 is 3.58. The molecule has 0 radical (unpaired) electrons. The van der Waals surface area contributed by atoms with Gasteiger partial charge in [-0.15, -0.1) is 6.42 Å². The molecule has 108 valence electrons. The van der Waals surface area contributed by atoms with Gasteiger partial charge in [-0.25, -0.2) is 0 Å². The Morgan fingerprint density at radius 2 is 1.90 bits per heavy atom. The van der Waals surface area contributed by atoms with Crippen LogP contribution in [0.25, 0.3) is 0 Å². The van der Waals surface area contributed by atoms with Crippen molar-refractivity contribution in [3.8, 4) is 18.1 Å². The average Bonchev–Trinajstić information content (AvgIpc) is 2.52. The van der Waals surface area contributed by atoms with Crippen LogP contribution in [0.1, 0.15) is 24.1 Å². The molecule has 1 atom stereocenters. The van der Waals surface area contributed by atoms with Crippen LogP contribution in [0.2, 0.25) is 0 Å². The molecule has 0 unspecified atom stereocenters. The highest BCUT2D eigenvalue weighted by molar-refractivity contribution is 9.10. The number of halogens is 1. The molecule has 2 aromatic carbocycles. The van der Waals surface area contributed by atoms with E-state index in [0.717, 1.165) is 22.3 Å². The summed E-state index contributed by atoms with van der Waals surface area (Å²) in [6.45, 7) is 3.16. The summed E-state index contributed by atoms with van der Waals surface area (Å²) in [7, 11) is 0. The molecule has 0 aromatic heterocycles. The van der Waals surface area contributed by atoms with Crippen LogP contribution < -0.4 is 10.1 Å². The van der Waals surface area contributed by atoms with E-state index >= 15 is 0 Å². The van der Waals surface area contributed by atoms with E-state index in [1.165, 1.54) is 5.56 Å². The van der Waals surface area contributed by atoms with E-state index in [1.54, 1.807) is 0 Å². The zero-order valence-corrected chi connectivity index (χ0v) is 13.6. The summed E-state index contributed by atoms with van der Waals surface area (Å²) in [5.41, 5.74) is 2.34. The number of hydrogen-bond acceptors (Lipinski definition) is 2. The van der Waals surface area contributed by atoms with Crippen LogP contribution in [-0.4, -0.2) is 6.61 Å². The quantitative estimate of drug-likeness (QED) is 0.789. The van der Waals surface area contributed by atoms with Gasteiger partial charge >= 0.3 is 0 Å². The van der Waals surface area contributed by atoms with Crippen LogP contribution in [0.5, 0.6) is 5.75 Å². The first-order valence-corrected chi connectivity index (χ1v) is 7.63. The van der Waals surface area contributed by atoms with Crippen molar-refractivity contribution in [1.29, 1.82) is 0 Å². The highest BCUT2D eigenvalue weighted by atomic mass is 79.9. The van der Waals surface area contributed by atoms with E-state index in [-0.39, 0.29) is 12.6 Å². The summed E-state index contributed by atoms with van der Waals surface area (Å²) in [6.07, 6.45) is 5.25. The molecule has 0 aliphatic heterocycles. The van der Waals surface area contributed by atoms with Gasteiger partial charge in [0.1, 0.15) is 12.4 Å². The Balaban J connectivity index is 2.03. The van der Waals surface area contributed by atoms with E-state index in [9.17, 15) is 0 Å². The third kappa shape index (κ3) is 4.35. The summed E-state index contributed by atoms with van der Waals surface area (Å²) in [6, 6.07) is 16.4. The molecule has 0 bridgehead atoms. The second kappa shape index (κ2) is 7.87. The highest BCUT2D eigenvalue weighted by Gasteiger charge is 2.09. The number of para-hydroxylation sites is 1. The molecule has 0 amide bonds. The summed E-state index contributed by atoms with van der Waals surface area (Å²) in [5.74, 6) is 3.33. The van der Waals surface area contributed by atoms with Gasteiger partial charge in [0.25, 0.3) is 0 Å². The lowest BCUT2D eigenvalue weighted by molar-refractivity contribution is 0.364. The molecular weight excluding hydrogens is 326 g/mol. The van der Waals surface area contributed by atoms with Gasteiger partial charge in [0, 0.05) is 22.6 Å². The van der Waals surface area contributed by atoms with Crippen LogP contribution in [-0.2, 0) is 6.54 Å². The third-order valence-corrected chi connectivity index (χ3v) is 3.98. The van der Waals surface area contributed by atoms with Crippen molar-refractivity contribution in [3.63, 3.8) is 0 Å². The van der Waals surface area contributed by atoms with Crippen molar-refractivity contribution >= 4 is 15.9 Å². The van der Waals surface area contributed by atoms with Gasteiger partial charge in [-0.2, -0.15) is 0 Å². The fraction of sp³-hybridized carbons (Fsp3) is 0.222. The van der Waals surface area contributed by atoms with Gasteiger partial charge in [0.15, 0.2) is 0 Å². The van der Waals surface area contributed by atoms with Crippen molar-refractivity contribution in [2.45, 2.75) is 19.5 Å². The van der Waals surface area contributed by atoms with Crippen LogP contribution in [0, 0.1) is 12.3 Å². The number of ether oxygens (including phenoxy) is 1. The zero-order valence-electron chi connectivity index (χ0n) is 12.0. The van der Waals surface area contributed by atoms with Gasteiger partial charge in [-0.1, -0.05) is 58.2 Å². The highest BCUT2D eigenvalue weighted by Crippen LogP contribution is 2.24. The van der Waals surface area contributed by atoms with Gasteiger partial charge in [-0.05, 0) is 24.6 Å². The zero-order chi connectivity index (χ0) is 15.1. The average molecular weight is 344 g/mol. The minimum atomic E-state index is 0.237. The normalized spacial score (nSPS) is 11.7. The van der Waals surface area contributed by atoms with Crippen molar-refractivity contribution in [2.24, 2.45) is 0 Å². The van der Waals surface area contributed by atoms with Crippen LogP contribution >= 0.6 is 15.9 Å². The maximum absolute atomic E-state index is 5.56. The minimum Gasteiger partial charge on any atom is -0.481 e. The predicted molar refractivity (Wildman–Crippen MR) is 90.2 cm³/mol. The van der Waals surface area contributed by atoms with Crippen molar-refractivity contribution in [3.05, 3.63) is 64.1 Å². The summed E-state index contributed by atoms with van der Waals surface area (Å²) in [5, 5.41) is 3.51. The Morgan fingerprint density at radius 1 is 1.19 bits per heavy atom. The van der Waals surface area contributed by atoms with Crippen LogP contribution in [0.3, 0.4) is 0 Å². The Labute approximate surface area is 134 Å². The molecule has 0 aliphatic rings. The number of benzene rings is 2.